The zero-order valence-corrected chi connectivity index (χ0v) is 12.5. The van der Waals surface area contributed by atoms with Crippen molar-refractivity contribution in [3.05, 3.63) is 49.9 Å². The quantitative estimate of drug-likeness (QED) is 0.879. The second-order valence-electron chi connectivity index (χ2n) is 4.81. The molecule has 2 aromatic heterocycles. The zero-order valence-electron chi connectivity index (χ0n) is 10.9. The Bertz CT molecular complexity index is 642. The fourth-order valence-electron chi connectivity index (χ4n) is 2.38. The van der Waals surface area contributed by atoms with E-state index in [1.54, 1.807) is 17.4 Å². The summed E-state index contributed by atoms with van der Waals surface area (Å²) >= 11 is 3.52. The summed E-state index contributed by atoms with van der Waals surface area (Å²) in [6, 6.07) is 6.30. The first-order valence-electron chi connectivity index (χ1n) is 6.48. The molecule has 3 heterocycles. The molecular weight excluding hydrogens is 290 g/mol. The van der Waals surface area contributed by atoms with Crippen LogP contribution in [0.25, 0.3) is 6.08 Å². The maximum Gasteiger partial charge on any atom is 0.328 e. The topological polar surface area (TPSA) is 40.5 Å². The Morgan fingerprint density at radius 2 is 2.30 bits per heavy atom. The number of hydrogen-bond donors (Lipinski definition) is 1. The maximum absolute atomic E-state index is 10.5. The van der Waals surface area contributed by atoms with Crippen LogP contribution in [0.1, 0.15) is 20.2 Å². The van der Waals surface area contributed by atoms with Gasteiger partial charge in [-0.1, -0.05) is 0 Å². The molecule has 0 aromatic carbocycles. The molecule has 1 aliphatic heterocycles. The van der Waals surface area contributed by atoms with Gasteiger partial charge in [-0.15, -0.1) is 22.7 Å². The van der Waals surface area contributed by atoms with E-state index in [1.807, 2.05) is 17.4 Å². The Hall–Kier alpha value is -1.43. The predicted octanol–water partition coefficient (Wildman–Crippen LogP) is 3.47. The van der Waals surface area contributed by atoms with Gasteiger partial charge < -0.3 is 5.11 Å². The number of thiophene rings is 2. The summed E-state index contributed by atoms with van der Waals surface area (Å²) in [6.45, 7) is 3.07. The van der Waals surface area contributed by atoms with E-state index in [2.05, 4.69) is 22.4 Å². The van der Waals surface area contributed by atoms with E-state index in [0.29, 0.717) is 0 Å². The summed E-state index contributed by atoms with van der Waals surface area (Å²) in [5.74, 6) is -0.902. The van der Waals surface area contributed by atoms with Gasteiger partial charge in [0.25, 0.3) is 0 Å². The van der Waals surface area contributed by atoms with Crippen molar-refractivity contribution in [3.63, 3.8) is 0 Å². The lowest BCUT2D eigenvalue weighted by atomic mass is 10.1. The second kappa shape index (κ2) is 5.91. The van der Waals surface area contributed by atoms with Gasteiger partial charge in [0, 0.05) is 40.3 Å². The van der Waals surface area contributed by atoms with Gasteiger partial charge in [0.1, 0.15) is 0 Å². The molecule has 0 bridgehead atoms. The lowest BCUT2D eigenvalue weighted by molar-refractivity contribution is -0.131. The molecule has 2 aromatic rings. The van der Waals surface area contributed by atoms with Gasteiger partial charge in [0.05, 0.1) is 0 Å². The number of nitrogens with zero attached hydrogens (tertiary/aromatic N) is 1. The molecule has 1 aliphatic rings. The minimum Gasteiger partial charge on any atom is -0.478 e. The van der Waals surface area contributed by atoms with Crippen LogP contribution in [0.5, 0.6) is 0 Å². The van der Waals surface area contributed by atoms with E-state index >= 15 is 0 Å². The van der Waals surface area contributed by atoms with Crippen molar-refractivity contribution < 1.29 is 9.90 Å². The summed E-state index contributed by atoms with van der Waals surface area (Å²) < 4.78 is 0. The fourth-order valence-corrected chi connectivity index (χ4v) is 4.23. The minimum atomic E-state index is -0.902. The molecule has 0 radical (unpaired) electrons. The normalized spacial score (nSPS) is 15.6. The minimum absolute atomic E-state index is 0.902. The number of carbonyl (C=O) groups is 1. The molecule has 0 fully saturated rings. The molecule has 5 heteroatoms. The molecule has 0 spiro atoms. The Kier molecular flexibility index (Phi) is 4.00. The summed E-state index contributed by atoms with van der Waals surface area (Å²) in [5.41, 5.74) is 1.46. The number of carboxylic acid groups (broad SMARTS) is 1. The molecule has 1 N–H and O–H groups in total. The van der Waals surface area contributed by atoms with Crippen LogP contribution in [-0.2, 0) is 24.3 Å². The highest BCUT2D eigenvalue weighted by molar-refractivity contribution is 7.12. The average molecular weight is 305 g/mol. The molecular formula is C15H15NO2S2. The van der Waals surface area contributed by atoms with Crippen molar-refractivity contribution in [2.45, 2.75) is 19.5 Å². The Balaban J connectivity index is 1.63. The van der Waals surface area contributed by atoms with E-state index in [9.17, 15) is 4.79 Å². The number of hydrogen-bond acceptors (Lipinski definition) is 4. The number of aliphatic carboxylic acids is 1. The van der Waals surface area contributed by atoms with E-state index in [1.165, 1.54) is 21.4 Å². The SMILES string of the molecule is O=C(O)C=Cc1ccc(CN2CCc3sccc3C2)s1. The summed E-state index contributed by atoms with van der Waals surface area (Å²) in [6.07, 6.45) is 3.99. The Morgan fingerprint density at radius 1 is 1.40 bits per heavy atom. The zero-order chi connectivity index (χ0) is 13.9. The van der Waals surface area contributed by atoms with Gasteiger partial charge in [-0.2, -0.15) is 0 Å². The number of rotatable bonds is 4. The Labute approximate surface area is 125 Å². The first-order valence-corrected chi connectivity index (χ1v) is 8.17. The highest BCUT2D eigenvalue weighted by Gasteiger charge is 2.17. The first kappa shape index (κ1) is 13.5. The van der Waals surface area contributed by atoms with Gasteiger partial charge >= 0.3 is 5.97 Å². The standard InChI is InChI=1S/C15H15NO2S2/c17-15(18)4-3-12-1-2-13(20-12)10-16-7-5-14-11(9-16)6-8-19-14/h1-4,6,8H,5,7,9-10H2,(H,17,18). The van der Waals surface area contributed by atoms with Crippen LogP contribution in [-0.4, -0.2) is 22.5 Å². The van der Waals surface area contributed by atoms with Gasteiger partial charge in [0.15, 0.2) is 0 Å². The third-order valence-corrected chi connectivity index (χ3v) is 5.40. The van der Waals surface area contributed by atoms with Crippen LogP contribution in [0.4, 0.5) is 0 Å². The van der Waals surface area contributed by atoms with E-state index in [0.717, 1.165) is 30.9 Å². The van der Waals surface area contributed by atoms with Crippen molar-refractivity contribution in [2.24, 2.45) is 0 Å². The van der Waals surface area contributed by atoms with Crippen LogP contribution in [0.3, 0.4) is 0 Å². The van der Waals surface area contributed by atoms with Crippen LogP contribution < -0.4 is 0 Å². The molecule has 20 heavy (non-hydrogen) atoms. The maximum atomic E-state index is 10.5. The van der Waals surface area contributed by atoms with Crippen molar-refractivity contribution in [3.8, 4) is 0 Å². The average Bonchev–Trinajstić information content (AvgIpc) is 3.04. The van der Waals surface area contributed by atoms with Gasteiger partial charge in [0.2, 0.25) is 0 Å². The van der Waals surface area contributed by atoms with Crippen LogP contribution in [0.2, 0.25) is 0 Å². The van der Waals surface area contributed by atoms with Crippen LogP contribution in [0, 0.1) is 0 Å². The van der Waals surface area contributed by atoms with Gasteiger partial charge in [-0.25, -0.2) is 4.79 Å². The smallest absolute Gasteiger partial charge is 0.328 e. The second-order valence-corrected chi connectivity index (χ2v) is 7.01. The van der Waals surface area contributed by atoms with E-state index < -0.39 is 5.97 Å². The molecule has 0 saturated carbocycles. The van der Waals surface area contributed by atoms with Crippen molar-refractivity contribution in [1.29, 1.82) is 0 Å². The van der Waals surface area contributed by atoms with Crippen molar-refractivity contribution >= 4 is 34.7 Å². The van der Waals surface area contributed by atoms with Crippen LogP contribution >= 0.6 is 22.7 Å². The molecule has 0 amide bonds. The highest BCUT2D eigenvalue weighted by Crippen LogP contribution is 2.26. The summed E-state index contributed by atoms with van der Waals surface area (Å²) in [4.78, 5) is 16.8. The van der Waals surface area contributed by atoms with Crippen molar-refractivity contribution in [1.82, 2.24) is 4.90 Å². The molecule has 3 rings (SSSR count). The summed E-state index contributed by atoms with van der Waals surface area (Å²) in [7, 11) is 0. The molecule has 0 saturated heterocycles. The Morgan fingerprint density at radius 3 is 3.15 bits per heavy atom. The van der Waals surface area contributed by atoms with E-state index in [4.69, 9.17) is 5.11 Å². The third kappa shape index (κ3) is 3.17. The monoisotopic (exact) mass is 305 g/mol. The fraction of sp³-hybridized carbons (Fsp3) is 0.267. The predicted molar refractivity (Wildman–Crippen MR) is 83.1 cm³/mol. The highest BCUT2D eigenvalue weighted by atomic mass is 32.1. The summed E-state index contributed by atoms with van der Waals surface area (Å²) in [5, 5.41) is 10.8. The van der Waals surface area contributed by atoms with Gasteiger partial charge in [-0.3, -0.25) is 4.90 Å². The molecule has 0 aliphatic carbocycles. The third-order valence-electron chi connectivity index (χ3n) is 3.34. The largest absolute Gasteiger partial charge is 0.478 e. The van der Waals surface area contributed by atoms with E-state index in [-0.39, 0.29) is 0 Å². The molecule has 104 valence electrons. The first-order chi connectivity index (χ1) is 9.70. The molecule has 0 atom stereocenters. The number of fused-ring (bicyclic) bond motifs is 1. The van der Waals surface area contributed by atoms with Crippen LogP contribution in [0.15, 0.2) is 29.7 Å². The lowest BCUT2D eigenvalue weighted by Crippen LogP contribution is -2.28. The molecule has 0 unspecified atom stereocenters. The van der Waals surface area contributed by atoms with Gasteiger partial charge in [-0.05, 0) is 41.6 Å². The van der Waals surface area contributed by atoms with Crippen molar-refractivity contribution in [2.75, 3.05) is 6.54 Å². The lowest BCUT2D eigenvalue weighted by Gasteiger charge is -2.26. The number of carboxylic acids is 1. The molecule has 3 nitrogen and oxygen atoms in total.